The van der Waals surface area contributed by atoms with Crippen molar-refractivity contribution in [3.63, 3.8) is 0 Å². The van der Waals surface area contributed by atoms with Crippen LogP contribution in [0.4, 0.5) is 9.59 Å². The van der Waals surface area contributed by atoms with Crippen LogP contribution in [0.2, 0.25) is 0 Å². The van der Waals surface area contributed by atoms with Crippen molar-refractivity contribution in [2.24, 2.45) is 0 Å². The molecule has 0 aromatic heterocycles. The van der Waals surface area contributed by atoms with Crippen LogP contribution in [0, 0.1) is 0 Å². The molecule has 1 rings (SSSR count). The summed E-state index contributed by atoms with van der Waals surface area (Å²) >= 11 is 0. The van der Waals surface area contributed by atoms with E-state index >= 15 is 0 Å². The fraction of sp³-hybridized carbons (Fsp3) is 0.429. The van der Waals surface area contributed by atoms with E-state index in [-0.39, 0.29) is 0 Å². The van der Waals surface area contributed by atoms with E-state index in [0.29, 0.717) is 0 Å². The maximum absolute atomic E-state index is 10.8. The number of hydrogen-bond donors (Lipinski definition) is 4. The van der Waals surface area contributed by atoms with Crippen molar-refractivity contribution in [1.82, 2.24) is 10.6 Å². The van der Waals surface area contributed by atoms with Gasteiger partial charge in [0.2, 0.25) is 0 Å². The van der Waals surface area contributed by atoms with Gasteiger partial charge < -0.3 is 20.8 Å². The Morgan fingerprint density at radius 3 is 1.55 bits per heavy atom. The maximum atomic E-state index is 10.8. The fourth-order valence-corrected chi connectivity index (χ4v) is 1.98. The molecule has 2 amide bonds. The van der Waals surface area contributed by atoms with Crippen LogP contribution >= 0.6 is 0 Å². The Morgan fingerprint density at radius 1 is 0.900 bits per heavy atom. The summed E-state index contributed by atoms with van der Waals surface area (Å²) in [5.74, 6) is 0. The molecule has 4 N–H and O–H groups in total. The first-order valence-electron chi connectivity index (χ1n) is 6.18. The van der Waals surface area contributed by atoms with Gasteiger partial charge in [0, 0.05) is 0 Å². The van der Waals surface area contributed by atoms with E-state index in [1.165, 1.54) is 0 Å². The summed E-state index contributed by atoms with van der Waals surface area (Å²) < 4.78 is 0. The molecule has 1 aromatic carbocycles. The van der Waals surface area contributed by atoms with Gasteiger partial charge in [-0.25, -0.2) is 9.59 Å². The summed E-state index contributed by atoms with van der Waals surface area (Å²) in [6, 6.07) is 7.18. The van der Waals surface area contributed by atoms with Crippen molar-refractivity contribution < 1.29 is 19.8 Å². The molecule has 110 valence electrons. The van der Waals surface area contributed by atoms with Crippen LogP contribution in [-0.2, 0) is 11.1 Å². The Kier molecular flexibility index (Phi) is 4.27. The normalized spacial score (nSPS) is 11.8. The topological polar surface area (TPSA) is 98.7 Å². The van der Waals surface area contributed by atoms with Crippen molar-refractivity contribution >= 4 is 12.2 Å². The second kappa shape index (κ2) is 5.40. The predicted molar refractivity (Wildman–Crippen MR) is 74.8 cm³/mol. The van der Waals surface area contributed by atoms with Crippen molar-refractivity contribution in [3.05, 3.63) is 35.4 Å². The van der Waals surface area contributed by atoms with E-state index in [9.17, 15) is 9.59 Å². The Balaban J connectivity index is 3.13. The molecule has 0 aliphatic carbocycles. The zero-order valence-corrected chi connectivity index (χ0v) is 12.0. The molecule has 1 aromatic rings. The lowest BCUT2D eigenvalue weighted by Gasteiger charge is -2.29. The van der Waals surface area contributed by atoms with Crippen LogP contribution in [0.1, 0.15) is 38.8 Å². The molecular weight excluding hydrogens is 260 g/mol. The summed E-state index contributed by atoms with van der Waals surface area (Å²) in [5.41, 5.74) is -0.00205. The number of benzene rings is 1. The lowest BCUT2D eigenvalue weighted by Crippen LogP contribution is -2.42. The first-order chi connectivity index (χ1) is 9.04. The molecule has 0 radical (unpaired) electrons. The van der Waals surface area contributed by atoms with E-state index in [0.717, 1.165) is 11.1 Å². The van der Waals surface area contributed by atoms with Gasteiger partial charge in [-0.05, 0) is 38.8 Å². The van der Waals surface area contributed by atoms with Crippen LogP contribution in [-0.4, -0.2) is 22.4 Å². The van der Waals surface area contributed by atoms with E-state index in [2.05, 4.69) is 10.6 Å². The highest BCUT2D eigenvalue weighted by atomic mass is 16.4. The lowest BCUT2D eigenvalue weighted by atomic mass is 9.87. The second-order valence-electron chi connectivity index (χ2n) is 5.69. The van der Waals surface area contributed by atoms with Crippen LogP contribution in [0.25, 0.3) is 0 Å². The fourth-order valence-electron chi connectivity index (χ4n) is 1.98. The first-order valence-corrected chi connectivity index (χ1v) is 6.18. The van der Waals surface area contributed by atoms with Gasteiger partial charge in [0.1, 0.15) is 0 Å². The monoisotopic (exact) mass is 280 g/mol. The molecule has 0 aliphatic rings. The number of carboxylic acid groups (broad SMARTS) is 2. The molecule has 6 heteroatoms. The van der Waals surface area contributed by atoms with Crippen molar-refractivity contribution in [2.75, 3.05) is 0 Å². The Labute approximate surface area is 117 Å². The van der Waals surface area contributed by atoms with Crippen LogP contribution < -0.4 is 10.6 Å². The Morgan fingerprint density at radius 2 is 1.25 bits per heavy atom. The highest BCUT2D eigenvalue weighted by Gasteiger charge is 2.27. The molecule has 0 unspecified atom stereocenters. The Bertz CT molecular complexity index is 480. The number of amides is 2. The number of rotatable bonds is 4. The van der Waals surface area contributed by atoms with Crippen LogP contribution in [0.15, 0.2) is 24.3 Å². The minimum Gasteiger partial charge on any atom is -0.465 e. The molecule has 0 aliphatic heterocycles. The number of carbonyl (C=O) groups is 2. The molecule has 20 heavy (non-hydrogen) atoms. The van der Waals surface area contributed by atoms with Crippen molar-refractivity contribution in [3.8, 4) is 0 Å². The molecule has 0 saturated heterocycles. The average Bonchev–Trinajstić information content (AvgIpc) is 2.25. The molecule has 0 fully saturated rings. The molecule has 0 atom stereocenters. The minimum atomic E-state index is -1.11. The van der Waals surface area contributed by atoms with Gasteiger partial charge in [-0.2, -0.15) is 0 Å². The second-order valence-corrected chi connectivity index (χ2v) is 5.69. The molecule has 0 bridgehead atoms. The first kappa shape index (κ1) is 15.8. The summed E-state index contributed by atoms with van der Waals surface area (Å²) in [4.78, 5) is 21.6. The van der Waals surface area contributed by atoms with Crippen LogP contribution in [0.3, 0.4) is 0 Å². The van der Waals surface area contributed by atoms with Gasteiger partial charge >= 0.3 is 12.2 Å². The summed E-state index contributed by atoms with van der Waals surface area (Å²) in [6.45, 7) is 6.99. The standard InChI is InChI=1S/C14H20N2O4/c1-13(2,15-11(17)18)9-6-5-7-10(8-9)14(3,4)16-12(19)20/h5-8,15-16H,1-4H3,(H,17,18)(H,19,20). The van der Waals surface area contributed by atoms with Gasteiger partial charge in [-0.15, -0.1) is 0 Å². The van der Waals surface area contributed by atoms with Gasteiger partial charge in [0.15, 0.2) is 0 Å². The average molecular weight is 280 g/mol. The smallest absolute Gasteiger partial charge is 0.405 e. The molecule has 0 saturated carbocycles. The maximum Gasteiger partial charge on any atom is 0.405 e. The summed E-state index contributed by atoms with van der Waals surface area (Å²) in [6.07, 6.45) is -2.22. The zero-order valence-electron chi connectivity index (χ0n) is 12.0. The third-order valence-corrected chi connectivity index (χ3v) is 3.14. The highest BCUT2D eigenvalue weighted by Crippen LogP contribution is 2.26. The third-order valence-electron chi connectivity index (χ3n) is 3.14. The van der Waals surface area contributed by atoms with E-state index in [1.807, 2.05) is 0 Å². The van der Waals surface area contributed by atoms with Gasteiger partial charge in [0.05, 0.1) is 11.1 Å². The van der Waals surface area contributed by atoms with E-state index in [4.69, 9.17) is 10.2 Å². The third kappa shape index (κ3) is 3.88. The quantitative estimate of drug-likeness (QED) is 0.681. The molecule has 6 nitrogen and oxygen atoms in total. The van der Waals surface area contributed by atoms with Gasteiger partial charge in [-0.3, -0.25) is 0 Å². The van der Waals surface area contributed by atoms with E-state index < -0.39 is 23.3 Å². The highest BCUT2D eigenvalue weighted by molar-refractivity contribution is 5.66. The summed E-state index contributed by atoms with van der Waals surface area (Å²) in [7, 11) is 0. The van der Waals surface area contributed by atoms with Crippen molar-refractivity contribution in [1.29, 1.82) is 0 Å². The Hall–Kier alpha value is -2.24. The zero-order chi connectivity index (χ0) is 15.6. The SMILES string of the molecule is CC(C)(NC(=O)O)c1cccc(C(C)(C)NC(=O)O)c1. The molecular formula is C14H20N2O4. The van der Waals surface area contributed by atoms with E-state index in [1.54, 1.807) is 52.0 Å². The molecule has 0 spiro atoms. The predicted octanol–water partition coefficient (Wildman–Crippen LogP) is 2.69. The minimum absolute atomic E-state index is 0.762. The number of nitrogens with one attached hydrogen (secondary N) is 2. The summed E-state index contributed by atoms with van der Waals surface area (Å²) in [5, 5.41) is 22.6. The lowest BCUT2D eigenvalue weighted by molar-refractivity contribution is 0.181. The molecule has 0 heterocycles. The van der Waals surface area contributed by atoms with Crippen LogP contribution in [0.5, 0.6) is 0 Å². The number of hydrogen-bond acceptors (Lipinski definition) is 2. The van der Waals surface area contributed by atoms with Gasteiger partial charge in [-0.1, -0.05) is 24.3 Å². The van der Waals surface area contributed by atoms with Gasteiger partial charge in [0.25, 0.3) is 0 Å². The van der Waals surface area contributed by atoms with Crippen molar-refractivity contribution in [2.45, 2.75) is 38.8 Å². The largest absolute Gasteiger partial charge is 0.465 e.